The Morgan fingerprint density at radius 1 is 1.41 bits per heavy atom. The van der Waals surface area contributed by atoms with Gasteiger partial charge in [0.25, 0.3) is 5.91 Å². The monoisotopic (exact) mass is 323 g/mol. The first-order chi connectivity index (χ1) is 10.5. The van der Waals surface area contributed by atoms with Crippen LogP contribution in [0.25, 0.3) is 6.08 Å². The van der Waals surface area contributed by atoms with Crippen molar-refractivity contribution < 1.29 is 19.1 Å². The Morgan fingerprint density at radius 3 is 2.91 bits per heavy atom. The topological polar surface area (TPSA) is 64.6 Å². The number of nitrogens with one attached hydrogen (secondary N) is 1. The van der Waals surface area contributed by atoms with E-state index in [9.17, 15) is 9.59 Å². The number of amides is 1. The maximum atomic E-state index is 12.1. The molecule has 1 aromatic carbocycles. The van der Waals surface area contributed by atoms with Crippen LogP contribution in [-0.2, 0) is 14.3 Å². The molecule has 0 aromatic heterocycles. The van der Waals surface area contributed by atoms with Crippen molar-refractivity contribution in [2.24, 2.45) is 0 Å². The van der Waals surface area contributed by atoms with Gasteiger partial charge in [-0.3, -0.25) is 9.59 Å². The standard InChI is InChI=1S/C16H18ClNO4/c1-10(2)22-15(19)5-6-18-16(20)12-7-11-8-13(17)3-4-14(11)21-9-12/h3-4,7-8,10H,5-6,9H2,1-2H3,(H,18,20). The molecule has 22 heavy (non-hydrogen) atoms. The summed E-state index contributed by atoms with van der Waals surface area (Å²) in [5.41, 5.74) is 1.26. The van der Waals surface area contributed by atoms with Crippen LogP contribution in [0.5, 0.6) is 5.75 Å². The maximum absolute atomic E-state index is 12.1. The number of fused-ring (bicyclic) bond motifs is 1. The van der Waals surface area contributed by atoms with E-state index in [1.807, 2.05) is 0 Å². The minimum absolute atomic E-state index is 0.139. The summed E-state index contributed by atoms with van der Waals surface area (Å²) in [6.45, 7) is 3.98. The van der Waals surface area contributed by atoms with Crippen LogP contribution in [-0.4, -0.2) is 31.1 Å². The molecule has 1 aromatic rings. The third kappa shape index (κ3) is 4.49. The predicted octanol–water partition coefficient (Wildman–Crippen LogP) is 2.57. The first-order valence-corrected chi connectivity index (χ1v) is 7.44. The van der Waals surface area contributed by atoms with E-state index >= 15 is 0 Å². The van der Waals surface area contributed by atoms with Crippen LogP contribution in [0, 0.1) is 0 Å². The fourth-order valence-corrected chi connectivity index (χ4v) is 2.17. The van der Waals surface area contributed by atoms with Crippen molar-refractivity contribution in [3.8, 4) is 5.75 Å². The Kier molecular flexibility index (Phi) is 5.44. The third-order valence-corrected chi connectivity index (χ3v) is 3.19. The molecule has 0 unspecified atom stereocenters. The number of benzene rings is 1. The predicted molar refractivity (Wildman–Crippen MR) is 83.8 cm³/mol. The molecule has 2 rings (SSSR count). The van der Waals surface area contributed by atoms with Crippen molar-refractivity contribution in [3.05, 3.63) is 34.4 Å². The van der Waals surface area contributed by atoms with Crippen LogP contribution in [0.3, 0.4) is 0 Å². The van der Waals surface area contributed by atoms with E-state index < -0.39 is 0 Å². The summed E-state index contributed by atoms with van der Waals surface area (Å²) >= 11 is 5.93. The van der Waals surface area contributed by atoms with Gasteiger partial charge in [0.15, 0.2) is 0 Å². The molecule has 1 N–H and O–H groups in total. The Bertz CT molecular complexity index is 610. The zero-order chi connectivity index (χ0) is 16.1. The Labute approximate surface area is 134 Å². The highest BCUT2D eigenvalue weighted by molar-refractivity contribution is 6.30. The van der Waals surface area contributed by atoms with Crippen molar-refractivity contribution in [3.63, 3.8) is 0 Å². The van der Waals surface area contributed by atoms with Crippen molar-refractivity contribution in [2.45, 2.75) is 26.4 Å². The van der Waals surface area contributed by atoms with Gasteiger partial charge in [0, 0.05) is 17.1 Å². The second-order valence-corrected chi connectivity index (χ2v) is 5.62. The van der Waals surface area contributed by atoms with Crippen molar-refractivity contribution in [1.82, 2.24) is 5.32 Å². The lowest BCUT2D eigenvalue weighted by Gasteiger charge is -2.17. The van der Waals surface area contributed by atoms with Gasteiger partial charge in [-0.05, 0) is 38.1 Å². The minimum Gasteiger partial charge on any atom is -0.488 e. The first kappa shape index (κ1) is 16.4. The van der Waals surface area contributed by atoms with Gasteiger partial charge in [0.2, 0.25) is 0 Å². The smallest absolute Gasteiger partial charge is 0.307 e. The van der Waals surface area contributed by atoms with Gasteiger partial charge in [-0.25, -0.2) is 0 Å². The fraction of sp³-hybridized carbons (Fsp3) is 0.375. The highest BCUT2D eigenvalue weighted by atomic mass is 35.5. The normalized spacial score (nSPS) is 13.0. The van der Waals surface area contributed by atoms with E-state index in [0.29, 0.717) is 16.3 Å². The average Bonchev–Trinajstić information content (AvgIpc) is 2.45. The molecule has 0 saturated heterocycles. The third-order valence-electron chi connectivity index (χ3n) is 2.96. The van der Waals surface area contributed by atoms with E-state index in [1.54, 1.807) is 38.1 Å². The Balaban J connectivity index is 1.90. The molecule has 0 saturated carbocycles. The molecular weight excluding hydrogens is 306 g/mol. The Morgan fingerprint density at radius 2 is 2.18 bits per heavy atom. The van der Waals surface area contributed by atoms with Gasteiger partial charge < -0.3 is 14.8 Å². The maximum Gasteiger partial charge on any atom is 0.307 e. The van der Waals surface area contributed by atoms with Crippen molar-refractivity contribution in [1.29, 1.82) is 0 Å². The van der Waals surface area contributed by atoms with Crippen LogP contribution >= 0.6 is 11.6 Å². The number of hydrogen-bond acceptors (Lipinski definition) is 4. The van der Waals surface area contributed by atoms with Crippen LogP contribution in [0.15, 0.2) is 23.8 Å². The van der Waals surface area contributed by atoms with Crippen molar-refractivity contribution in [2.75, 3.05) is 13.2 Å². The molecule has 0 aliphatic carbocycles. The fourth-order valence-electron chi connectivity index (χ4n) is 1.99. The van der Waals surface area contributed by atoms with Gasteiger partial charge in [0.1, 0.15) is 12.4 Å². The Hall–Kier alpha value is -2.01. The van der Waals surface area contributed by atoms with Gasteiger partial charge in [-0.1, -0.05) is 11.6 Å². The quantitative estimate of drug-likeness (QED) is 0.846. The molecule has 0 bridgehead atoms. The second-order valence-electron chi connectivity index (χ2n) is 5.18. The summed E-state index contributed by atoms with van der Waals surface area (Å²) in [6.07, 6.45) is 1.73. The van der Waals surface area contributed by atoms with Gasteiger partial charge in [-0.2, -0.15) is 0 Å². The summed E-state index contributed by atoms with van der Waals surface area (Å²) in [5.74, 6) is 0.103. The van der Waals surface area contributed by atoms with E-state index in [0.717, 1.165) is 5.56 Å². The van der Waals surface area contributed by atoms with E-state index in [2.05, 4.69) is 5.32 Å². The first-order valence-electron chi connectivity index (χ1n) is 7.06. The van der Waals surface area contributed by atoms with Crippen LogP contribution in [0.2, 0.25) is 5.02 Å². The molecule has 0 fully saturated rings. The highest BCUT2D eigenvalue weighted by Gasteiger charge is 2.17. The molecule has 118 valence electrons. The largest absolute Gasteiger partial charge is 0.488 e. The lowest BCUT2D eigenvalue weighted by atomic mass is 10.1. The molecule has 0 atom stereocenters. The molecule has 0 spiro atoms. The number of hydrogen-bond donors (Lipinski definition) is 1. The average molecular weight is 324 g/mol. The van der Waals surface area contributed by atoms with Crippen LogP contribution < -0.4 is 10.1 Å². The summed E-state index contributed by atoms with van der Waals surface area (Å²) < 4.78 is 10.5. The SMILES string of the molecule is CC(C)OC(=O)CCNC(=O)C1=Cc2cc(Cl)ccc2OC1. The number of esters is 1. The van der Waals surface area contributed by atoms with Gasteiger partial charge in [0.05, 0.1) is 18.1 Å². The molecule has 1 aliphatic heterocycles. The van der Waals surface area contributed by atoms with Crippen LogP contribution in [0.4, 0.5) is 0 Å². The number of carbonyl (C=O) groups is 2. The lowest BCUT2D eigenvalue weighted by molar-refractivity contribution is -0.147. The lowest BCUT2D eigenvalue weighted by Crippen LogP contribution is -2.31. The van der Waals surface area contributed by atoms with Gasteiger partial charge >= 0.3 is 5.97 Å². The molecule has 6 heteroatoms. The van der Waals surface area contributed by atoms with E-state index in [1.165, 1.54) is 0 Å². The summed E-state index contributed by atoms with van der Waals surface area (Å²) in [5, 5.41) is 3.26. The molecular formula is C16H18ClNO4. The minimum atomic E-state index is -0.332. The number of halogens is 1. The molecule has 0 radical (unpaired) electrons. The number of ether oxygens (including phenoxy) is 2. The molecule has 1 heterocycles. The number of rotatable bonds is 5. The summed E-state index contributed by atoms with van der Waals surface area (Å²) in [7, 11) is 0. The van der Waals surface area contributed by atoms with Crippen molar-refractivity contribution >= 4 is 29.6 Å². The second kappa shape index (κ2) is 7.31. The number of carbonyl (C=O) groups excluding carboxylic acids is 2. The van der Waals surface area contributed by atoms with Gasteiger partial charge in [-0.15, -0.1) is 0 Å². The van der Waals surface area contributed by atoms with E-state index in [-0.39, 0.29) is 37.6 Å². The zero-order valence-electron chi connectivity index (χ0n) is 12.5. The molecule has 1 aliphatic rings. The summed E-state index contributed by atoms with van der Waals surface area (Å²) in [6, 6.07) is 5.24. The zero-order valence-corrected chi connectivity index (χ0v) is 13.3. The highest BCUT2D eigenvalue weighted by Crippen LogP contribution is 2.28. The van der Waals surface area contributed by atoms with Crippen LogP contribution in [0.1, 0.15) is 25.8 Å². The molecule has 5 nitrogen and oxygen atoms in total. The summed E-state index contributed by atoms with van der Waals surface area (Å²) in [4.78, 5) is 23.4. The molecule has 1 amide bonds. The van der Waals surface area contributed by atoms with E-state index in [4.69, 9.17) is 21.1 Å².